The molecule has 0 spiro atoms. The van der Waals surface area contributed by atoms with Crippen LogP contribution in [0.15, 0.2) is 36.4 Å². The van der Waals surface area contributed by atoms with Crippen molar-refractivity contribution in [3.8, 4) is 5.69 Å². The average molecular weight is 342 g/mol. The second-order valence-corrected chi connectivity index (χ2v) is 8.77. The molecule has 3 nitrogen and oxygen atoms in total. The number of halogens is 1. The smallest absolute Gasteiger partial charge is 0.115 e. The topological polar surface area (TPSA) is 30.7 Å². The van der Waals surface area contributed by atoms with Gasteiger partial charge in [-0.25, -0.2) is 4.68 Å². The van der Waals surface area contributed by atoms with E-state index in [1.807, 2.05) is 22.9 Å². The Morgan fingerprint density at radius 1 is 0.917 bits per heavy atom. The van der Waals surface area contributed by atoms with Crippen LogP contribution >= 0.6 is 11.6 Å². The highest BCUT2D eigenvalue weighted by molar-refractivity contribution is 6.31. The van der Waals surface area contributed by atoms with Gasteiger partial charge in [-0.15, -0.1) is 5.10 Å². The molecule has 126 valence electrons. The lowest BCUT2D eigenvalue weighted by atomic mass is 9.74. The summed E-state index contributed by atoms with van der Waals surface area (Å²) in [6.45, 7) is 13.5. The van der Waals surface area contributed by atoms with Crippen LogP contribution in [-0.2, 0) is 10.8 Å². The largest absolute Gasteiger partial charge is 0.213 e. The van der Waals surface area contributed by atoms with Gasteiger partial charge in [-0.2, -0.15) is 0 Å². The van der Waals surface area contributed by atoms with E-state index in [1.54, 1.807) is 0 Å². The predicted octanol–water partition coefficient (Wildman–Crippen LogP) is 5.67. The zero-order valence-electron chi connectivity index (χ0n) is 15.2. The third-order valence-electron chi connectivity index (χ3n) is 4.24. The van der Waals surface area contributed by atoms with Crippen molar-refractivity contribution in [1.29, 1.82) is 0 Å². The Labute approximate surface area is 148 Å². The highest BCUT2D eigenvalue weighted by Gasteiger charge is 2.29. The van der Waals surface area contributed by atoms with E-state index in [4.69, 9.17) is 11.6 Å². The molecule has 0 bridgehead atoms. The van der Waals surface area contributed by atoms with Gasteiger partial charge in [0.25, 0.3) is 0 Å². The molecule has 1 aromatic heterocycles. The zero-order chi connectivity index (χ0) is 17.7. The van der Waals surface area contributed by atoms with E-state index in [9.17, 15) is 0 Å². The maximum Gasteiger partial charge on any atom is 0.115 e. The number of rotatable bonds is 1. The molecule has 0 atom stereocenters. The molecular weight excluding hydrogens is 318 g/mol. The number of aromatic nitrogens is 3. The fourth-order valence-corrected chi connectivity index (χ4v) is 3.37. The monoisotopic (exact) mass is 341 g/mol. The summed E-state index contributed by atoms with van der Waals surface area (Å²) < 4.78 is 1.93. The van der Waals surface area contributed by atoms with Gasteiger partial charge in [0.05, 0.1) is 11.2 Å². The van der Waals surface area contributed by atoms with Crippen LogP contribution in [0.25, 0.3) is 16.7 Å². The Hall–Kier alpha value is -1.87. The normalized spacial score (nSPS) is 12.8. The second-order valence-electron chi connectivity index (χ2n) is 8.33. The number of benzene rings is 2. The first-order chi connectivity index (χ1) is 11.1. The van der Waals surface area contributed by atoms with Crippen molar-refractivity contribution in [1.82, 2.24) is 15.0 Å². The molecule has 0 unspecified atom stereocenters. The van der Waals surface area contributed by atoms with E-state index in [0.29, 0.717) is 5.02 Å². The van der Waals surface area contributed by atoms with Crippen LogP contribution in [0, 0.1) is 0 Å². The van der Waals surface area contributed by atoms with E-state index in [1.165, 1.54) is 11.1 Å². The average Bonchev–Trinajstić information content (AvgIpc) is 2.87. The van der Waals surface area contributed by atoms with Crippen molar-refractivity contribution >= 4 is 22.6 Å². The number of hydrogen-bond donors (Lipinski definition) is 0. The summed E-state index contributed by atoms with van der Waals surface area (Å²) in [7, 11) is 0. The van der Waals surface area contributed by atoms with Crippen LogP contribution in [0.1, 0.15) is 52.7 Å². The maximum absolute atomic E-state index is 6.09. The van der Waals surface area contributed by atoms with Crippen LogP contribution in [0.2, 0.25) is 5.02 Å². The van der Waals surface area contributed by atoms with Crippen LogP contribution in [0.3, 0.4) is 0 Å². The molecule has 24 heavy (non-hydrogen) atoms. The first kappa shape index (κ1) is 17.0. The van der Waals surface area contributed by atoms with E-state index in [2.05, 4.69) is 70.1 Å². The van der Waals surface area contributed by atoms with Crippen molar-refractivity contribution in [3.05, 3.63) is 52.5 Å². The zero-order valence-corrected chi connectivity index (χ0v) is 15.9. The molecule has 0 radical (unpaired) electrons. The van der Waals surface area contributed by atoms with Gasteiger partial charge >= 0.3 is 0 Å². The molecule has 0 fully saturated rings. The summed E-state index contributed by atoms with van der Waals surface area (Å²) in [4.78, 5) is 0. The molecular formula is C20H24ClN3. The molecule has 0 amide bonds. The Morgan fingerprint density at radius 2 is 1.62 bits per heavy atom. The minimum absolute atomic E-state index is 0.0100. The minimum Gasteiger partial charge on any atom is -0.213 e. The molecule has 0 aliphatic heterocycles. The van der Waals surface area contributed by atoms with Crippen molar-refractivity contribution in [3.63, 3.8) is 0 Å². The SMILES string of the molecule is CC(C)(C)c1cccc(-n2nnc3cc(Cl)ccc32)c1C(C)(C)C. The second kappa shape index (κ2) is 5.59. The first-order valence-electron chi connectivity index (χ1n) is 8.24. The van der Waals surface area contributed by atoms with Crippen LogP contribution < -0.4 is 0 Å². The van der Waals surface area contributed by atoms with Gasteiger partial charge in [-0.3, -0.25) is 0 Å². The maximum atomic E-state index is 6.09. The van der Waals surface area contributed by atoms with Crippen molar-refractivity contribution in [2.24, 2.45) is 0 Å². The molecule has 0 saturated carbocycles. The lowest BCUT2D eigenvalue weighted by molar-refractivity contribution is 0.526. The van der Waals surface area contributed by atoms with Gasteiger partial charge < -0.3 is 0 Å². The van der Waals surface area contributed by atoms with Gasteiger partial charge in [0, 0.05) is 5.02 Å². The third kappa shape index (κ3) is 2.93. The summed E-state index contributed by atoms with van der Waals surface area (Å²) in [5.41, 5.74) is 5.55. The Morgan fingerprint density at radius 3 is 2.25 bits per heavy atom. The lowest BCUT2D eigenvalue weighted by Crippen LogP contribution is -2.24. The summed E-state index contributed by atoms with van der Waals surface area (Å²) in [5.74, 6) is 0. The standard InChI is InChI=1S/C20H24ClN3/c1-19(2,3)14-8-7-9-17(18(14)20(4,5)6)24-16-11-10-13(21)12-15(16)22-23-24/h7-12H,1-6H3. The highest BCUT2D eigenvalue weighted by Crippen LogP contribution is 2.38. The van der Waals surface area contributed by atoms with Gasteiger partial charge in [0.15, 0.2) is 0 Å². The predicted molar refractivity (Wildman–Crippen MR) is 101 cm³/mol. The lowest BCUT2D eigenvalue weighted by Gasteiger charge is -2.32. The molecule has 3 rings (SSSR count). The molecule has 0 saturated heterocycles. The van der Waals surface area contributed by atoms with Crippen molar-refractivity contribution < 1.29 is 0 Å². The van der Waals surface area contributed by atoms with E-state index in [-0.39, 0.29) is 10.8 Å². The van der Waals surface area contributed by atoms with Crippen molar-refractivity contribution in [2.75, 3.05) is 0 Å². The Kier molecular flexibility index (Phi) is 3.95. The number of fused-ring (bicyclic) bond motifs is 1. The van der Waals surface area contributed by atoms with Crippen LogP contribution in [-0.4, -0.2) is 15.0 Å². The molecule has 1 heterocycles. The first-order valence-corrected chi connectivity index (χ1v) is 8.62. The fourth-order valence-electron chi connectivity index (χ4n) is 3.20. The highest BCUT2D eigenvalue weighted by atomic mass is 35.5. The van der Waals surface area contributed by atoms with E-state index in [0.717, 1.165) is 16.7 Å². The molecule has 4 heteroatoms. The summed E-state index contributed by atoms with van der Waals surface area (Å²) in [5, 5.41) is 9.39. The Bertz CT molecular complexity index is 895. The van der Waals surface area contributed by atoms with Gasteiger partial charge in [-0.05, 0) is 46.2 Å². The van der Waals surface area contributed by atoms with Crippen LogP contribution in [0.5, 0.6) is 0 Å². The van der Waals surface area contributed by atoms with Crippen molar-refractivity contribution in [2.45, 2.75) is 52.4 Å². The number of nitrogens with zero attached hydrogens (tertiary/aromatic N) is 3. The molecule has 0 aliphatic carbocycles. The summed E-state index contributed by atoms with van der Waals surface area (Å²) >= 11 is 6.09. The van der Waals surface area contributed by atoms with Gasteiger partial charge in [0.1, 0.15) is 5.52 Å². The van der Waals surface area contributed by atoms with E-state index >= 15 is 0 Å². The summed E-state index contributed by atoms with van der Waals surface area (Å²) in [6, 6.07) is 12.2. The molecule has 2 aromatic carbocycles. The summed E-state index contributed by atoms with van der Waals surface area (Å²) in [6.07, 6.45) is 0. The molecule has 3 aromatic rings. The molecule has 0 aliphatic rings. The van der Waals surface area contributed by atoms with Crippen LogP contribution in [0.4, 0.5) is 0 Å². The van der Waals surface area contributed by atoms with Gasteiger partial charge in [0.2, 0.25) is 0 Å². The third-order valence-corrected chi connectivity index (χ3v) is 4.47. The van der Waals surface area contributed by atoms with Gasteiger partial charge in [-0.1, -0.05) is 70.5 Å². The minimum atomic E-state index is -0.0100. The fraction of sp³-hybridized carbons (Fsp3) is 0.400. The molecule has 0 N–H and O–H groups in total. The van der Waals surface area contributed by atoms with E-state index < -0.39 is 0 Å². The Balaban J connectivity index is 2.35. The quantitative estimate of drug-likeness (QED) is 0.571. The number of hydrogen-bond acceptors (Lipinski definition) is 2.